The Hall–Kier alpha value is -4.83. The first-order valence-electron chi connectivity index (χ1n) is 13.0. The molecular formula is C30H27FN6O3. The number of halogens is 1. The lowest BCUT2D eigenvalue weighted by atomic mass is 10.1. The van der Waals surface area contributed by atoms with E-state index in [0.29, 0.717) is 33.9 Å². The lowest BCUT2D eigenvalue weighted by Crippen LogP contribution is -2.35. The van der Waals surface area contributed by atoms with Crippen LogP contribution in [0.2, 0.25) is 0 Å². The number of pyridine rings is 4. The van der Waals surface area contributed by atoms with Crippen molar-refractivity contribution >= 4 is 28.1 Å². The van der Waals surface area contributed by atoms with E-state index in [1.54, 1.807) is 42.9 Å². The molecule has 1 aliphatic heterocycles. The van der Waals surface area contributed by atoms with Crippen LogP contribution in [0.4, 0.5) is 21.6 Å². The molecule has 0 amide bonds. The normalized spacial score (nSPS) is 13.9. The van der Waals surface area contributed by atoms with Crippen LogP contribution in [0.15, 0.2) is 84.2 Å². The van der Waals surface area contributed by atoms with Crippen molar-refractivity contribution in [1.82, 2.24) is 19.9 Å². The molecule has 4 aromatic heterocycles. The van der Waals surface area contributed by atoms with Gasteiger partial charge in [0.25, 0.3) is 5.56 Å². The molecule has 1 aromatic carbocycles. The third-order valence-corrected chi connectivity index (χ3v) is 6.94. The number of H-pyrrole nitrogens is 1. The molecule has 202 valence electrons. The minimum Gasteiger partial charge on any atom is -0.489 e. The van der Waals surface area contributed by atoms with Gasteiger partial charge in [-0.25, -0.2) is 14.4 Å². The highest BCUT2D eigenvalue weighted by Crippen LogP contribution is 2.31. The van der Waals surface area contributed by atoms with E-state index in [9.17, 15) is 9.90 Å². The topological polar surface area (TPSA) is 116 Å². The molecule has 1 fully saturated rings. The molecule has 6 rings (SSSR count). The summed E-state index contributed by atoms with van der Waals surface area (Å²) in [5.41, 5.74) is 3.09. The number of aliphatic hydroxyl groups is 1. The Morgan fingerprint density at radius 3 is 2.65 bits per heavy atom. The monoisotopic (exact) mass is 538 g/mol. The minimum absolute atomic E-state index is 0.252. The van der Waals surface area contributed by atoms with Crippen molar-refractivity contribution < 1.29 is 14.2 Å². The summed E-state index contributed by atoms with van der Waals surface area (Å²) < 4.78 is 21.0. The number of aliphatic hydroxyl groups excluding tert-OH is 1. The Morgan fingerprint density at radius 2 is 1.90 bits per heavy atom. The fourth-order valence-corrected chi connectivity index (χ4v) is 4.78. The Balaban J connectivity index is 1.28. The van der Waals surface area contributed by atoms with Gasteiger partial charge in [0.15, 0.2) is 0 Å². The number of aromatic nitrogens is 4. The third-order valence-electron chi connectivity index (χ3n) is 6.94. The molecule has 0 spiro atoms. The summed E-state index contributed by atoms with van der Waals surface area (Å²) in [5, 5.41) is 13.3. The first-order chi connectivity index (χ1) is 19.5. The Bertz CT molecular complexity index is 1690. The Kier molecular flexibility index (Phi) is 7.07. The molecule has 0 aliphatic carbocycles. The van der Waals surface area contributed by atoms with Gasteiger partial charge in [-0.3, -0.25) is 9.78 Å². The van der Waals surface area contributed by atoms with Crippen LogP contribution >= 0.6 is 0 Å². The van der Waals surface area contributed by atoms with Crippen LogP contribution in [-0.2, 0) is 6.61 Å². The Morgan fingerprint density at radius 1 is 1.07 bits per heavy atom. The van der Waals surface area contributed by atoms with Gasteiger partial charge in [0.2, 0.25) is 0 Å². The zero-order valence-electron chi connectivity index (χ0n) is 21.5. The van der Waals surface area contributed by atoms with Crippen molar-refractivity contribution in [3.05, 3.63) is 101 Å². The van der Waals surface area contributed by atoms with Crippen molar-refractivity contribution in [2.75, 3.05) is 23.3 Å². The second-order valence-electron chi connectivity index (χ2n) is 9.65. The van der Waals surface area contributed by atoms with Crippen LogP contribution in [0.25, 0.3) is 22.2 Å². The molecular weight excluding hydrogens is 511 g/mol. The molecule has 0 saturated carbocycles. The van der Waals surface area contributed by atoms with Crippen LogP contribution in [0, 0.1) is 5.82 Å². The number of hydrogen-bond acceptors (Lipinski definition) is 8. The predicted molar refractivity (Wildman–Crippen MR) is 151 cm³/mol. The summed E-state index contributed by atoms with van der Waals surface area (Å²) in [6.45, 7) is 1.82. The summed E-state index contributed by atoms with van der Waals surface area (Å²) in [4.78, 5) is 30.7. The van der Waals surface area contributed by atoms with Gasteiger partial charge in [-0.15, -0.1) is 0 Å². The number of rotatable bonds is 7. The van der Waals surface area contributed by atoms with E-state index >= 15 is 4.39 Å². The molecule has 9 nitrogen and oxygen atoms in total. The van der Waals surface area contributed by atoms with Gasteiger partial charge in [-0.1, -0.05) is 0 Å². The van der Waals surface area contributed by atoms with Gasteiger partial charge in [0.1, 0.15) is 24.0 Å². The summed E-state index contributed by atoms with van der Waals surface area (Å²) >= 11 is 0. The average Bonchev–Trinajstić information content (AvgIpc) is 2.97. The second kappa shape index (κ2) is 11.1. The highest BCUT2D eigenvalue weighted by atomic mass is 19.1. The van der Waals surface area contributed by atoms with Crippen LogP contribution in [-0.4, -0.2) is 44.2 Å². The van der Waals surface area contributed by atoms with Crippen LogP contribution in [0.1, 0.15) is 18.4 Å². The average molecular weight is 539 g/mol. The SMILES string of the molecule is O=c1[nH]ccc2nc(-c3ccc(OCc4ccncc4)cc3F)cc(Nc3ccc(N4CCC(O)CC4)cn3)c12. The second-order valence-corrected chi connectivity index (χ2v) is 9.65. The molecule has 3 N–H and O–H groups in total. The Labute approximate surface area is 229 Å². The number of fused-ring (bicyclic) bond motifs is 1. The zero-order chi connectivity index (χ0) is 27.5. The van der Waals surface area contributed by atoms with E-state index in [4.69, 9.17) is 4.74 Å². The lowest BCUT2D eigenvalue weighted by Gasteiger charge is -2.31. The van der Waals surface area contributed by atoms with E-state index < -0.39 is 5.82 Å². The number of piperidine rings is 1. The summed E-state index contributed by atoms with van der Waals surface area (Å²) in [5.74, 6) is 0.424. The summed E-state index contributed by atoms with van der Waals surface area (Å²) in [7, 11) is 0. The molecule has 0 radical (unpaired) electrons. The first-order valence-corrected chi connectivity index (χ1v) is 13.0. The molecule has 0 bridgehead atoms. The van der Waals surface area contributed by atoms with Gasteiger partial charge in [0, 0.05) is 43.3 Å². The molecule has 40 heavy (non-hydrogen) atoms. The fourth-order valence-electron chi connectivity index (χ4n) is 4.78. The van der Waals surface area contributed by atoms with Gasteiger partial charge < -0.3 is 25.0 Å². The van der Waals surface area contributed by atoms with E-state index in [2.05, 4.69) is 30.2 Å². The van der Waals surface area contributed by atoms with Crippen LogP contribution in [0.3, 0.4) is 0 Å². The molecule has 10 heteroatoms. The number of hydrogen-bond donors (Lipinski definition) is 3. The van der Waals surface area contributed by atoms with Gasteiger partial charge >= 0.3 is 0 Å². The van der Waals surface area contributed by atoms with Crippen molar-refractivity contribution in [3.8, 4) is 17.0 Å². The number of aromatic amines is 1. The quantitative estimate of drug-likeness (QED) is 0.271. The minimum atomic E-state index is -0.496. The lowest BCUT2D eigenvalue weighted by molar-refractivity contribution is 0.145. The van der Waals surface area contributed by atoms with Gasteiger partial charge in [-0.2, -0.15) is 0 Å². The van der Waals surface area contributed by atoms with E-state index in [0.717, 1.165) is 37.2 Å². The van der Waals surface area contributed by atoms with E-state index in [1.165, 1.54) is 12.3 Å². The predicted octanol–water partition coefficient (Wildman–Crippen LogP) is 4.80. The van der Waals surface area contributed by atoms with Crippen LogP contribution in [0.5, 0.6) is 5.75 Å². The molecule has 5 aromatic rings. The summed E-state index contributed by atoms with van der Waals surface area (Å²) in [6.07, 6.45) is 7.83. The molecule has 5 heterocycles. The summed E-state index contributed by atoms with van der Waals surface area (Å²) in [6, 6.07) is 15.4. The van der Waals surface area contributed by atoms with E-state index in [-0.39, 0.29) is 23.8 Å². The van der Waals surface area contributed by atoms with Gasteiger partial charge in [0.05, 0.1) is 40.3 Å². The number of nitrogens with zero attached hydrogens (tertiary/aromatic N) is 4. The maximum atomic E-state index is 15.3. The molecule has 0 unspecified atom stereocenters. The first kappa shape index (κ1) is 25.4. The molecule has 0 atom stereocenters. The number of nitrogens with one attached hydrogen (secondary N) is 2. The number of anilines is 3. The van der Waals surface area contributed by atoms with E-state index in [1.807, 2.05) is 24.3 Å². The highest BCUT2D eigenvalue weighted by Gasteiger charge is 2.18. The molecule has 1 aliphatic rings. The van der Waals surface area contributed by atoms with Crippen LogP contribution < -0.4 is 20.5 Å². The zero-order valence-corrected chi connectivity index (χ0v) is 21.5. The maximum absolute atomic E-state index is 15.3. The highest BCUT2D eigenvalue weighted by molar-refractivity contribution is 5.94. The number of benzene rings is 1. The van der Waals surface area contributed by atoms with Crippen molar-refractivity contribution in [2.45, 2.75) is 25.6 Å². The van der Waals surface area contributed by atoms with Crippen molar-refractivity contribution in [3.63, 3.8) is 0 Å². The standard InChI is InChI=1S/C30H27FN6O3/c31-24-15-22(40-18-19-5-10-32-11-6-19)2-3-23(24)26-16-27(29-25(35-26)7-12-33-30(29)39)36-28-4-1-20(17-34-28)37-13-8-21(38)9-14-37/h1-7,10-12,15-17,21,38H,8-9,13-14,18H2,(H,33,39)(H,34,35,36). The number of ether oxygens (including phenoxy) is 1. The maximum Gasteiger partial charge on any atom is 0.259 e. The largest absolute Gasteiger partial charge is 0.489 e. The van der Waals surface area contributed by atoms with Crippen molar-refractivity contribution in [2.24, 2.45) is 0 Å². The van der Waals surface area contributed by atoms with Crippen molar-refractivity contribution in [1.29, 1.82) is 0 Å². The smallest absolute Gasteiger partial charge is 0.259 e. The molecule has 1 saturated heterocycles. The van der Waals surface area contributed by atoms with Gasteiger partial charge in [-0.05, 0) is 66.9 Å². The third kappa shape index (κ3) is 5.48. The fraction of sp³-hybridized carbons (Fsp3) is 0.200.